The number of nitrogens with zero attached hydrogens (tertiary/aromatic N) is 1. The van der Waals surface area contributed by atoms with Gasteiger partial charge in [-0.3, -0.25) is 0 Å². The summed E-state index contributed by atoms with van der Waals surface area (Å²) in [4.78, 5) is 14.5. The fourth-order valence-corrected chi connectivity index (χ4v) is 3.08. The van der Waals surface area contributed by atoms with E-state index in [0.717, 1.165) is 19.4 Å². The summed E-state index contributed by atoms with van der Waals surface area (Å²) in [7, 11) is 0. The van der Waals surface area contributed by atoms with Crippen molar-refractivity contribution in [1.29, 1.82) is 0 Å². The Labute approximate surface area is 135 Å². The highest BCUT2D eigenvalue weighted by molar-refractivity contribution is 6.33. The van der Waals surface area contributed by atoms with Crippen LogP contribution in [0.25, 0.3) is 0 Å². The average Bonchev–Trinajstić information content (AvgIpc) is 3.00. The molecule has 4 heteroatoms. The quantitative estimate of drug-likeness (QED) is 0.829. The minimum absolute atomic E-state index is 0.0869. The predicted octanol–water partition coefficient (Wildman–Crippen LogP) is 5.02. The number of anilines is 1. The molecule has 22 heavy (non-hydrogen) atoms. The Balaban J connectivity index is 1.76. The van der Waals surface area contributed by atoms with Crippen molar-refractivity contribution in [3.63, 3.8) is 0 Å². The van der Waals surface area contributed by atoms with Crippen LogP contribution in [0.4, 0.5) is 10.5 Å². The number of aryl methyl sites for hydroxylation is 1. The van der Waals surface area contributed by atoms with Crippen LogP contribution in [-0.4, -0.2) is 17.5 Å². The lowest BCUT2D eigenvalue weighted by Gasteiger charge is -2.25. The fraction of sp³-hybridized carbons (Fsp3) is 0.278. The molecule has 2 aromatic carbocycles. The van der Waals surface area contributed by atoms with Gasteiger partial charge >= 0.3 is 6.03 Å². The van der Waals surface area contributed by atoms with Crippen LogP contribution in [0.2, 0.25) is 5.02 Å². The molecule has 0 saturated carbocycles. The molecule has 0 aliphatic carbocycles. The Morgan fingerprint density at radius 2 is 1.91 bits per heavy atom. The Morgan fingerprint density at radius 1 is 1.18 bits per heavy atom. The molecule has 0 radical (unpaired) electrons. The van der Waals surface area contributed by atoms with Gasteiger partial charge in [0.2, 0.25) is 0 Å². The number of amides is 2. The molecule has 1 atom stereocenters. The molecule has 3 nitrogen and oxygen atoms in total. The van der Waals surface area contributed by atoms with E-state index >= 15 is 0 Å². The van der Waals surface area contributed by atoms with E-state index < -0.39 is 0 Å². The summed E-state index contributed by atoms with van der Waals surface area (Å²) in [6.45, 7) is 2.84. The highest BCUT2D eigenvalue weighted by Crippen LogP contribution is 2.33. The number of hydrogen-bond acceptors (Lipinski definition) is 1. The van der Waals surface area contributed by atoms with Crippen molar-refractivity contribution in [1.82, 2.24) is 4.90 Å². The van der Waals surface area contributed by atoms with Gasteiger partial charge in [0.05, 0.1) is 16.8 Å². The molecule has 114 valence electrons. The van der Waals surface area contributed by atoms with Crippen LogP contribution in [0.5, 0.6) is 0 Å². The zero-order chi connectivity index (χ0) is 15.5. The number of carbonyl (C=O) groups is 1. The normalized spacial score (nSPS) is 17.5. The molecule has 1 fully saturated rings. The van der Waals surface area contributed by atoms with Gasteiger partial charge in [0.25, 0.3) is 0 Å². The number of likely N-dealkylation sites (tertiary alicyclic amines) is 1. The summed E-state index contributed by atoms with van der Waals surface area (Å²) in [6, 6.07) is 15.8. The minimum atomic E-state index is -0.0869. The van der Waals surface area contributed by atoms with Crippen LogP contribution in [0, 0.1) is 6.92 Å². The lowest BCUT2D eigenvalue weighted by atomic mass is 10.0. The van der Waals surface area contributed by atoms with Gasteiger partial charge in [-0.25, -0.2) is 4.79 Å². The average molecular weight is 315 g/mol. The van der Waals surface area contributed by atoms with E-state index in [0.29, 0.717) is 10.7 Å². The summed E-state index contributed by atoms with van der Waals surface area (Å²) in [5.74, 6) is 0. The first-order valence-corrected chi connectivity index (χ1v) is 7.91. The zero-order valence-electron chi connectivity index (χ0n) is 12.6. The van der Waals surface area contributed by atoms with Gasteiger partial charge in [-0.1, -0.05) is 53.6 Å². The lowest BCUT2D eigenvalue weighted by molar-refractivity contribution is 0.207. The van der Waals surface area contributed by atoms with Crippen LogP contribution < -0.4 is 5.32 Å². The molecule has 1 saturated heterocycles. The highest BCUT2D eigenvalue weighted by atomic mass is 35.5. The number of urea groups is 1. The van der Waals surface area contributed by atoms with Gasteiger partial charge in [-0.15, -0.1) is 0 Å². The second-order valence-corrected chi connectivity index (χ2v) is 6.08. The molecule has 1 aliphatic rings. The fourth-order valence-electron chi connectivity index (χ4n) is 2.89. The monoisotopic (exact) mass is 314 g/mol. The van der Waals surface area contributed by atoms with Gasteiger partial charge < -0.3 is 10.2 Å². The lowest BCUT2D eigenvalue weighted by Crippen LogP contribution is -2.34. The first kappa shape index (κ1) is 14.9. The molecule has 1 N–H and O–H groups in total. The second kappa shape index (κ2) is 6.41. The van der Waals surface area contributed by atoms with Crippen molar-refractivity contribution in [2.24, 2.45) is 0 Å². The Morgan fingerprint density at radius 3 is 2.64 bits per heavy atom. The molecule has 3 rings (SSSR count). The molecule has 0 aromatic heterocycles. The highest BCUT2D eigenvalue weighted by Gasteiger charge is 2.30. The van der Waals surface area contributed by atoms with Crippen molar-refractivity contribution < 1.29 is 4.79 Å². The van der Waals surface area contributed by atoms with E-state index in [-0.39, 0.29) is 12.1 Å². The third kappa shape index (κ3) is 3.09. The number of rotatable bonds is 2. The van der Waals surface area contributed by atoms with Crippen LogP contribution >= 0.6 is 11.6 Å². The summed E-state index contributed by atoms with van der Waals surface area (Å²) < 4.78 is 0. The number of hydrogen-bond donors (Lipinski definition) is 1. The van der Waals surface area contributed by atoms with Crippen molar-refractivity contribution in [2.45, 2.75) is 25.8 Å². The molecule has 2 aromatic rings. The van der Waals surface area contributed by atoms with E-state index in [1.807, 2.05) is 23.1 Å². The molecule has 0 bridgehead atoms. The van der Waals surface area contributed by atoms with E-state index in [1.54, 1.807) is 6.07 Å². The molecular formula is C18H19ClN2O. The molecule has 2 amide bonds. The number of carbonyl (C=O) groups excluding carboxylic acids is 1. The van der Waals surface area contributed by atoms with Gasteiger partial charge in [-0.2, -0.15) is 0 Å². The maximum Gasteiger partial charge on any atom is 0.322 e. The van der Waals surface area contributed by atoms with Crippen molar-refractivity contribution in [3.8, 4) is 0 Å². The van der Waals surface area contributed by atoms with Crippen molar-refractivity contribution >= 4 is 23.3 Å². The third-order valence-corrected chi connectivity index (χ3v) is 4.42. The summed E-state index contributed by atoms with van der Waals surface area (Å²) in [6.07, 6.45) is 2.02. The smallest absolute Gasteiger partial charge is 0.317 e. The van der Waals surface area contributed by atoms with E-state index in [4.69, 9.17) is 11.6 Å². The molecule has 1 heterocycles. The number of halogens is 1. The van der Waals surface area contributed by atoms with Crippen LogP contribution in [-0.2, 0) is 0 Å². The number of nitrogens with one attached hydrogen (secondary N) is 1. The van der Waals surface area contributed by atoms with E-state index in [2.05, 4.69) is 36.5 Å². The first-order chi connectivity index (χ1) is 10.6. The number of para-hydroxylation sites is 1. The maximum atomic E-state index is 12.6. The van der Waals surface area contributed by atoms with Crippen molar-refractivity contribution in [2.75, 3.05) is 11.9 Å². The number of benzene rings is 2. The van der Waals surface area contributed by atoms with Gasteiger partial charge in [0, 0.05) is 6.54 Å². The second-order valence-electron chi connectivity index (χ2n) is 5.67. The van der Waals surface area contributed by atoms with Gasteiger partial charge in [0.15, 0.2) is 0 Å². The SMILES string of the molecule is Cc1ccc(C2CCCN2C(=O)Nc2ccccc2Cl)cc1. The Bertz CT molecular complexity index is 669. The molecule has 0 spiro atoms. The van der Waals surface area contributed by atoms with Gasteiger partial charge in [-0.05, 0) is 37.5 Å². The Kier molecular flexibility index (Phi) is 4.34. The summed E-state index contributed by atoms with van der Waals surface area (Å²) >= 11 is 6.11. The minimum Gasteiger partial charge on any atom is -0.317 e. The molecule has 1 unspecified atom stereocenters. The topological polar surface area (TPSA) is 32.3 Å². The summed E-state index contributed by atoms with van der Waals surface area (Å²) in [5.41, 5.74) is 3.08. The maximum absolute atomic E-state index is 12.6. The first-order valence-electron chi connectivity index (χ1n) is 7.54. The predicted molar refractivity (Wildman–Crippen MR) is 90.3 cm³/mol. The van der Waals surface area contributed by atoms with Crippen LogP contribution in [0.3, 0.4) is 0 Å². The van der Waals surface area contributed by atoms with Gasteiger partial charge in [0.1, 0.15) is 0 Å². The van der Waals surface area contributed by atoms with E-state index in [9.17, 15) is 4.79 Å². The van der Waals surface area contributed by atoms with Crippen LogP contribution in [0.1, 0.15) is 30.0 Å². The molecule has 1 aliphatic heterocycles. The van der Waals surface area contributed by atoms with E-state index in [1.165, 1.54) is 11.1 Å². The largest absolute Gasteiger partial charge is 0.322 e. The van der Waals surface area contributed by atoms with Crippen molar-refractivity contribution in [3.05, 3.63) is 64.7 Å². The summed E-state index contributed by atoms with van der Waals surface area (Å²) in [5, 5.41) is 3.48. The zero-order valence-corrected chi connectivity index (χ0v) is 13.3. The third-order valence-electron chi connectivity index (χ3n) is 4.09. The molecular weight excluding hydrogens is 296 g/mol. The van der Waals surface area contributed by atoms with Crippen LogP contribution in [0.15, 0.2) is 48.5 Å². The standard InChI is InChI=1S/C18H19ClN2O/c1-13-8-10-14(11-9-13)17-7-4-12-21(17)18(22)20-16-6-3-2-5-15(16)19/h2-3,5-6,8-11,17H,4,7,12H2,1H3,(H,20,22). The Hall–Kier alpha value is -2.00.